The predicted octanol–water partition coefficient (Wildman–Crippen LogP) is 2.61. The molecule has 0 spiro atoms. The van der Waals surface area contributed by atoms with Gasteiger partial charge < -0.3 is 15.5 Å². The summed E-state index contributed by atoms with van der Waals surface area (Å²) in [5, 5.41) is 6.73. The molecule has 0 aliphatic carbocycles. The zero-order chi connectivity index (χ0) is 15.0. The second-order valence-corrected chi connectivity index (χ2v) is 5.88. The van der Waals surface area contributed by atoms with E-state index >= 15 is 0 Å². The van der Waals surface area contributed by atoms with Crippen LogP contribution in [0.15, 0.2) is 6.07 Å². The van der Waals surface area contributed by atoms with Crippen LogP contribution in [0.4, 0.5) is 11.6 Å². The predicted molar refractivity (Wildman–Crippen MR) is 86.4 cm³/mol. The summed E-state index contributed by atoms with van der Waals surface area (Å²) in [6, 6.07) is 1.99. The SMILES string of the molecule is Cc1nc(NCCCN(C)C)cc(NCCC(C)C)n1. The monoisotopic (exact) mass is 279 g/mol. The van der Waals surface area contributed by atoms with Crippen molar-refractivity contribution < 1.29 is 0 Å². The average molecular weight is 279 g/mol. The average Bonchev–Trinajstić information content (AvgIpc) is 2.33. The van der Waals surface area contributed by atoms with E-state index in [2.05, 4.69) is 53.4 Å². The van der Waals surface area contributed by atoms with Crippen molar-refractivity contribution in [1.82, 2.24) is 14.9 Å². The maximum absolute atomic E-state index is 4.42. The lowest BCUT2D eigenvalue weighted by atomic mass is 10.1. The van der Waals surface area contributed by atoms with Gasteiger partial charge in [0.2, 0.25) is 0 Å². The fraction of sp³-hybridized carbons (Fsp3) is 0.733. The zero-order valence-corrected chi connectivity index (χ0v) is 13.5. The highest BCUT2D eigenvalue weighted by Crippen LogP contribution is 2.11. The largest absolute Gasteiger partial charge is 0.370 e. The van der Waals surface area contributed by atoms with Gasteiger partial charge in [-0.15, -0.1) is 0 Å². The van der Waals surface area contributed by atoms with Crippen LogP contribution in [0.5, 0.6) is 0 Å². The van der Waals surface area contributed by atoms with Crippen LogP contribution in [0.1, 0.15) is 32.5 Å². The van der Waals surface area contributed by atoms with Crippen LogP contribution in [0.3, 0.4) is 0 Å². The normalized spacial score (nSPS) is 11.2. The van der Waals surface area contributed by atoms with Crippen molar-refractivity contribution in [1.29, 1.82) is 0 Å². The van der Waals surface area contributed by atoms with Gasteiger partial charge in [-0.25, -0.2) is 9.97 Å². The Hall–Kier alpha value is -1.36. The maximum atomic E-state index is 4.42. The van der Waals surface area contributed by atoms with E-state index in [1.165, 1.54) is 0 Å². The van der Waals surface area contributed by atoms with Gasteiger partial charge in [-0.05, 0) is 46.3 Å². The zero-order valence-electron chi connectivity index (χ0n) is 13.5. The molecule has 0 unspecified atom stereocenters. The number of rotatable bonds is 9. The molecule has 5 heteroatoms. The van der Waals surface area contributed by atoms with Crippen molar-refractivity contribution >= 4 is 11.6 Å². The third kappa shape index (κ3) is 7.28. The lowest BCUT2D eigenvalue weighted by molar-refractivity contribution is 0.405. The van der Waals surface area contributed by atoms with Crippen LogP contribution in [-0.4, -0.2) is 48.6 Å². The molecule has 0 aliphatic heterocycles. The van der Waals surface area contributed by atoms with Crippen LogP contribution < -0.4 is 10.6 Å². The molecule has 1 aromatic rings. The molecule has 5 nitrogen and oxygen atoms in total. The van der Waals surface area contributed by atoms with E-state index in [0.717, 1.165) is 49.9 Å². The third-order valence-corrected chi connectivity index (χ3v) is 2.95. The van der Waals surface area contributed by atoms with E-state index in [1.807, 2.05) is 13.0 Å². The van der Waals surface area contributed by atoms with Crippen LogP contribution in [0, 0.1) is 12.8 Å². The minimum atomic E-state index is 0.703. The van der Waals surface area contributed by atoms with Gasteiger partial charge in [0.1, 0.15) is 17.5 Å². The first-order chi connectivity index (χ1) is 9.47. The fourth-order valence-electron chi connectivity index (χ4n) is 1.85. The first kappa shape index (κ1) is 16.7. The summed E-state index contributed by atoms with van der Waals surface area (Å²) in [5.74, 6) is 3.32. The maximum Gasteiger partial charge on any atom is 0.131 e. The van der Waals surface area contributed by atoms with E-state index in [9.17, 15) is 0 Å². The Balaban J connectivity index is 2.44. The van der Waals surface area contributed by atoms with Gasteiger partial charge in [0.25, 0.3) is 0 Å². The Bertz CT molecular complexity index is 390. The molecule has 0 radical (unpaired) electrons. The van der Waals surface area contributed by atoms with E-state index in [1.54, 1.807) is 0 Å². The van der Waals surface area contributed by atoms with Gasteiger partial charge in [-0.2, -0.15) is 0 Å². The van der Waals surface area contributed by atoms with Crippen molar-refractivity contribution in [2.75, 3.05) is 44.4 Å². The molecule has 20 heavy (non-hydrogen) atoms. The van der Waals surface area contributed by atoms with Crippen molar-refractivity contribution in [3.63, 3.8) is 0 Å². The number of nitrogens with zero attached hydrogens (tertiary/aromatic N) is 3. The Kier molecular flexibility index (Phi) is 7.30. The number of hydrogen-bond donors (Lipinski definition) is 2. The van der Waals surface area contributed by atoms with Gasteiger partial charge in [0, 0.05) is 19.2 Å². The van der Waals surface area contributed by atoms with E-state index in [4.69, 9.17) is 0 Å². The standard InChI is InChI=1S/C15H29N5/c1-12(2)7-9-17-15-11-14(18-13(3)19-15)16-8-6-10-20(4)5/h11-12H,6-10H2,1-5H3,(H2,16,17,18,19). The van der Waals surface area contributed by atoms with E-state index < -0.39 is 0 Å². The first-order valence-corrected chi connectivity index (χ1v) is 7.45. The molecule has 0 aromatic carbocycles. The van der Waals surface area contributed by atoms with E-state index in [0.29, 0.717) is 5.92 Å². The molecule has 1 rings (SSSR count). The van der Waals surface area contributed by atoms with Gasteiger partial charge in [-0.1, -0.05) is 13.8 Å². The minimum Gasteiger partial charge on any atom is -0.370 e. The minimum absolute atomic E-state index is 0.703. The number of anilines is 2. The molecule has 0 saturated heterocycles. The second kappa shape index (κ2) is 8.74. The van der Waals surface area contributed by atoms with Gasteiger partial charge in [0.05, 0.1) is 0 Å². The lowest BCUT2D eigenvalue weighted by Crippen LogP contribution is -2.17. The summed E-state index contributed by atoms with van der Waals surface area (Å²) in [5.41, 5.74) is 0. The molecule has 2 N–H and O–H groups in total. The molecule has 0 amide bonds. The molecule has 0 atom stereocenters. The second-order valence-electron chi connectivity index (χ2n) is 5.88. The number of aryl methyl sites for hydroxylation is 1. The Morgan fingerprint density at radius 1 is 1.10 bits per heavy atom. The van der Waals surface area contributed by atoms with Gasteiger partial charge in [0.15, 0.2) is 0 Å². The van der Waals surface area contributed by atoms with Gasteiger partial charge >= 0.3 is 0 Å². The molecule has 1 aromatic heterocycles. The topological polar surface area (TPSA) is 53.1 Å². The van der Waals surface area contributed by atoms with Crippen molar-refractivity contribution in [2.24, 2.45) is 5.92 Å². The van der Waals surface area contributed by atoms with Crippen LogP contribution >= 0.6 is 0 Å². The molecular weight excluding hydrogens is 250 g/mol. The quantitative estimate of drug-likeness (QED) is 0.681. The highest BCUT2D eigenvalue weighted by atomic mass is 15.1. The summed E-state index contributed by atoms with van der Waals surface area (Å²) in [6.07, 6.45) is 2.25. The highest BCUT2D eigenvalue weighted by Gasteiger charge is 2.02. The summed E-state index contributed by atoms with van der Waals surface area (Å²) in [4.78, 5) is 11.0. The van der Waals surface area contributed by atoms with Crippen molar-refractivity contribution in [2.45, 2.75) is 33.6 Å². The van der Waals surface area contributed by atoms with Crippen molar-refractivity contribution in [3.05, 3.63) is 11.9 Å². The number of aromatic nitrogens is 2. The molecule has 114 valence electrons. The molecule has 0 fully saturated rings. The van der Waals surface area contributed by atoms with Gasteiger partial charge in [-0.3, -0.25) is 0 Å². The summed E-state index contributed by atoms with van der Waals surface area (Å²) in [6.45, 7) is 9.35. The lowest BCUT2D eigenvalue weighted by Gasteiger charge is -2.12. The number of nitrogens with one attached hydrogen (secondary N) is 2. The van der Waals surface area contributed by atoms with E-state index in [-0.39, 0.29) is 0 Å². The molecule has 0 aliphatic rings. The molecule has 0 saturated carbocycles. The first-order valence-electron chi connectivity index (χ1n) is 7.45. The van der Waals surface area contributed by atoms with Crippen molar-refractivity contribution in [3.8, 4) is 0 Å². The summed E-state index contributed by atoms with van der Waals surface area (Å²) in [7, 11) is 4.18. The highest BCUT2D eigenvalue weighted by molar-refractivity contribution is 5.47. The molecule has 0 bridgehead atoms. The van der Waals surface area contributed by atoms with Crippen LogP contribution in [-0.2, 0) is 0 Å². The molecular formula is C15H29N5. The number of hydrogen-bond acceptors (Lipinski definition) is 5. The Morgan fingerprint density at radius 2 is 1.70 bits per heavy atom. The smallest absolute Gasteiger partial charge is 0.131 e. The van der Waals surface area contributed by atoms with Crippen LogP contribution in [0.2, 0.25) is 0 Å². The Labute approximate surface area is 123 Å². The Morgan fingerprint density at radius 3 is 2.25 bits per heavy atom. The fourth-order valence-corrected chi connectivity index (χ4v) is 1.85. The van der Waals surface area contributed by atoms with Crippen LogP contribution in [0.25, 0.3) is 0 Å². The summed E-state index contributed by atoms with van der Waals surface area (Å²) >= 11 is 0. The molecule has 1 heterocycles. The third-order valence-electron chi connectivity index (χ3n) is 2.95. The summed E-state index contributed by atoms with van der Waals surface area (Å²) < 4.78 is 0.